The van der Waals surface area contributed by atoms with Gasteiger partial charge in [0.15, 0.2) is 5.16 Å². The number of benzene rings is 1. The van der Waals surface area contributed by atoms with Crippen LogP contribution < -0.4 is 11.4 Å². The molecule has 0 unspecified atom stereocenters. The first-order chi connectivity index (χ1) is 10.7. The number of H-pyrrole nitrogens is 1. The molecule has 3 aromatic rings. The molecular formula is C14H16N6OS. The number of nitrogens with one attached hydrogen (secondary N) is 1. The van der Waals surface area contributed by atoms with Crippen LogP contribution in [0.15, 0.2) is 34.2 Å². The molecule has 0 saturated heterocycles. The molecular weight excluding hydrogens is 300 g/mol. The average molecular weight is 316 g/mol. The number of hydrogen-bond acceptors (Lipinski definition) is 6. The van der Waals surface area contributed by atoms with Gasteiger partial charge >= 0.3 is 5.69 Å². The Kier molecular flexibility index (Phi) is 4.10. The molecule has 0 aliphatic rings. The van der Waals surface area contributed by atoms with E-state index >= 15 is 0 Å². The molecule has 1 aromatic carbocycles. The molecule has 7 nitrogen and oxygen atoms in total. The third-order valence-corrected chi connectivity index (χ3v) is 4.15. The molecule has 0 atom stereocenters. The Bertz CT molecular complexity index is 856. The minimum atomic E-state index is -0.191. The van der Waals surface area contributed by atoms with Crippen molar-refractivity contribution >= 4 is 28.5 Å². The number of thioether (sulfide) groups is 1. The van der Waals surface area contributed by atoms with Gasteiger partial charge in [0, 0.05) is 11.9 Å². The summed E-state index contributed by atoms with van der Waals surface area (Å²) in [6.45, 7) is 2.65. The quantitative estimate of drug-likeness (QED) is 0.696. The number of hydrogen-bond donors (Lipinski definition) is 2. The third kappa shape index (κ3) is 2.82. The van der Waals surface area contributed by atoms with Gasteiger partial charge in [-0.15, -0.1) is 5.10 Å². The summed E-state index contributed by atoms with van der Waals surface area (Å²) in [5, 5.41) is 7.99. The van der Waals surface area contributed by atoms with Crippen LogP contribution in [0.5, 0.6) is 0 Å². The van der Waals surface area contributed by atoms with Crippen molar-refractivity contribution in [3.8, 4) is 0 Å². The van der Waals surface area contributed by atoms with Crippen molar-refractivity contribution in [2.75, 3.05) is 5.73 Å². The molecule has 0 saturated carbocycles. The summed E-state index contributed by atoms with van der Waals surface area (Å²) >= 11 is 1.42. The number of nitrogen functional groups attached to an aromatic ring is 1. The largest absolute Gasteiger partial charge is 0.383 e. The summed E-state index contributed by atoms with van der Waals surface area (Å²) in [5.74, 6) is 1.59. The molecule has 0 aliphatic heterocycles. The van der Waals surface area contributed by atoms with Gasteiger partial charge in [0.05, 0.1) is 11.3 Å². The normalized spacial score (nSPS) is 11.1. The van der Waals surface area contributed by atoms with Crippen LogP contribution in [0.1, 0.15) is 19.2 Å². The van der Waals surface area contributed by atoms with Gasteiger partial charge in [0.25, 0.3) is 0 Å². The Morgan fingerprint density at radius 3 is 2.95 bits per heavy atom. The highest BCUT2D eigenvalue weighted by Gasteiger charge is 2.10. The summed E-state index contributed by atoms with van der Waals surface area (Å²) < 4.78 is 1.62. The highest BCUT2D eigenvalue weighted by molar-refractivity contribution is 7.98. The van der Waals surface area contributed by atoms with Gasteiger partial charge in [0.1, 0.15) is 11.6 Å². The number of nitrogens with zero attached hydrogens (tertiary/aromatic N) is 4. The molecule has 2 heterocycles. The first-order valence-corrected chi connectivity index (χ1v) is 7.96. The monoisotopic (exact) mass is 316 g/mol. The number of anilines is 1. The van der Waals surface area contributed by atoms with Gasteiger partial charge in [-0.1, -0.05) is 30.8 Å². The lowest BCUT2D eigenvalue weighted by Crippen LogP contribution is -2.17. The number of aromatic amines is 1. The van der Waals surface area contributed by atoms with Crippen molar-refractivity contribution in [2.45, 2.75) is 30.8 Å². The van der Waals surface area contributed by atoms with Gasteiger partial charge in [-0.05, 0) is 18.6 Å². The molecule has 114 valence electrons. The van der Waals surface area contributed by atoms with E-state index in [1.165, 1.54) is 11.8 Å². The maximum Gasteiger partial charge on any atom is 0.343 e. The van der Waals surface area contributed by atoms with Crippen molar-refractivity contribution in [3.63, 3.8) is 0 Å². The topological polar surface area (TPSA) is 102 Å². The van der Waals surface area contributed by atoms with Gasteiger partial charge in [-0.3, -0.25) is 4.57 Å². The Morgan fingerprint density at radius 1 is 1.32 bits per heavy atom. The van der Waals surface area contributed by atoms with Gasteiger partial charge in [-0.25, -0.2) is 19.9 Å². The molecule has 0 fully saturated rings. The Morgan fingerprint density at radius 2 is 2.14 bits per heavy atom. The van der Waals surface area contributed by atoms with Crippen LogP contribution in [0.3, 0.4) is 0 Å². The highest BCUT2D eigenvalue weighted by atomic mass is 32.2. The van der Waals surface area contributed by atoms with E-state index in [-0.39, 0.29) is 5.69 Å². The Labute approximate surface area is 131 Å². The van der Waals surface area contributed by atoms with E-state index < -0.39 is 0 Å². The number of nitrogens with two attached hydrogens (primary N) is 1. The van der Waals surface area contributed by atoms with E-state index in [4.69, 9.17) is 5.73 Å². The van der Waals surface area contributed by atoms with Gasteiger partial charge in [0.2, 0.25) is 0 Å². The molecule has 3 N–H and O–H groups in total. The fourth-order valence-electron chi connectivity index (χ4n) is 2.18. The van der Waals surface area contributed by atoms with Gasteiger partial charge < -0.3 is 5.73 Å². The number of aromatic nitrogens is 5. The first kappa shape index (κ1) is 14.6. The van der Waals surface area contributed by atoms with Crippen molar-refractivity contribution in [2.24, 2.45) is 0 Å². The van der Waals surface area contributed by atoms with Crippen LogP contribution >= 0.6 is 11.8 Å². The van der Waals surface area contributed by atoms with Crippen LogP contribution in [0.2, 0.25) is 0 Å². The lowest BCUT2D eigenvalue weighted by molar-refractivity contribution is 0.603. The second kappa shape index (κ2) is 6.18. The predicted octanol–water partition coefficient (Wildman–Crippen LogP) is 1.80. The third-order valence-electron chi connectivity index (χ3n) is 3.18. The second-order valence-corrected chi connectivity index (χ2v) is 5.74. The molecule has 0 bridgehead atoms. The van der Waals surface area contributed by atoms with E-state index in [2.05, 4.69) is 20.2 Å². The number of rotatable bonds is 5. The van der Waals surface area contributed by atoms with Crippen LogP contribution in [0, 0.1) is 0 Å². The highest BCUT2D eigenvalue weighted by Crippen LogP contribution is 2.22. The summed E-state index contributed by atoms with van der Waals surface area (Å²) in [7, 11) is 0. The number of fused-ring (bicyclic) bond motifs is 1. The Balaban J connectivity index is 1.84. The first-order valence-electron chi connectivity index (χ1n) is 6.98. The lowest BCUT2D eigenvalue weighted by Gasteiger charge is -2.05. The van der Waals surface area contributed by atoms with Crippen LogP contribution in [0.4, 0.5) is 5.82 Å². The summed E-state index contributed by atoms with van der Waals surface area (Å²) in [6.07, 6.45) is 0.867. The zero-order chi connectivity index (χ0) is 15.5. The summed E-state index contributed by atoms with van der Waals surface area (Å²) in [6, 6.07) is 7.62. The summed E-state index contributed by atoms with van der Waals surface area (Å²) in [4.78, 5) is 20.5. The standard InChI is InChI=1S/C14H16N6OS/c1-2-7-20-13(21)18-19-14(20)22-8-11-16-10-6-4-3-5-9(10)12(15)17-11/h3-6H,2,7-8H2,1H3,(H,18,21)(H2,15,16,17). The van der Waals surface area contributed by atoms with E-state index in [0.717, 1.165) is 17.3 Å². The Hall–Kier alpha value is -2.35. The zero-order valence-electron chi connectivity index (χ0n) is 12.1. The minimum absolute atomic E-state index is 0.191. The molecule has 0 radical (unpaired) electrons. The zero-order valence-corrected chi connectivity index (χ0v) is 12.9. The molecule has 0 aliphatic carbocycles. The van der Waals surface area contributed by atoms with Gasteiger partial charge in [-0.2, -0.15) is 0 Å². The molecule has 8 heteroatoms. The van der Waals surface area contributed by atoms with Crippen LogP contribution in [-0.2, 0) is 12.3 Å². The maximum atomic E-state index is 11.7. The lowest BCUT2D eigenvalue weighted by atomic mass is 10.2. The molecule has 3 rings (SSSR count). The van der Waals surface area contributed by atoms with Crippen molar-refractivity contribution in [1.82, 2.24) is 24.7 Å². The molecule has 0 amide bonds. The van der Waals surface area contributed by atoms with Crippen LogP contribution in [-0.4, -0.2) is 24.7 Å². The molecule has 0 spiro atoms. The minimum Gasteiger partial charge on any atom is -0.383 e. The maximum absolute atomic E-state index is 11.7. The SMILES string of the molecule is CCCn1c(SCc2nc(N)c3ccccc3n2)n[nH]c1=O. The molecule has 2 aromatic heterocycles. The fourth-order valence-corrected chi connectivity index (χ4v) is 3.01. The second-order valence-electron chi connectivity index (χ2n) is 4.79. The smallest absolute Gasteiger partial charge is 0.343 e. The van der Waals surface area contributed by atoms with E-state index in [1.54, 1.807) is 4.57 Å². The van der Waals surface area contributed by atoms with Crippen molar-refractivity contribution < 1.29 is 0 Å². The van der Waals surface area contributed by atoms with Crippen molar-refractivity contribution in [3.05, 3.63) is 40.6 Å². The predicted molar refractivity (Wildman–Crippen MR) is 86.7 cm³/mol. The van der Waals surface area contributed by atoms with E-state index in [0.29, 0.717) is 29.1 Å². The van der Waals surface area contributed by atoms with Crippen LogP contribution in [0.25, 0.3) is 10.9 Å². The summed E-state index contributed by atoms with van der Waals surface area (Å²) in [5.41, 5.74) is 6.60. The molecule has 22 heavy (non-hydrogen) atoms. The van der Waals surface area contributed by atoms with E-state index in [9.17, 15) is 4.79 Å². The average Bonchev–Trinajstić information content (AvgIpc) is 2.86. The fraction of sp³-hybridized carbons (Fsp3) is 0.286. The number of para-hydroxylation sites is 1. The van der Waals surface area contributed by atoms with Crippen molar-refractivity contribution in [1.29, 1.82) is 0 Å². The van der Waals surface area contributed by atoms with E-state index in [1.807, 2.05) is 31.2 Å².